The Morgan fingerprint density at radius 1 is 1.26 bits per heavy atom. The first-order valence-electron chi connectivity index (χ1n) is 7.06. The van der Waals surface area contributed by atoms with Gasteiger partial charge in [0.25, 0.3) is 5.91 Å². The summed E-state index contributed by atoms with van der Waals surface area (Å²) in [5, 5.41) is 12.1. The van der Waals surface area contributed by atoms with Crippen molar-refractivity contribution < 1.29 is 23.4 Å². The van der Waals surface area contributed by atoms with Crippen molar-refractivity contribution in [1.82, 2.24) is 10.3 Å². The Morgan fingerprint density at radius 3 is 2.83 bits per heavy atom. The van der Waals surface area contributed by atoms with Gasteiger partial charge in [0.15, 0.2) is 11.6 Å². The van der Waals surface area contributed by atoms with E-state index in [1.807, 2.05) is 0 Å². The van der Waals surface area contributed by atoms with Crippen LogP contribution in [0.3, 0.4) is 0 Å². The van der Waals surface area contributed by atoms with Crippen LogP contribution in [0.15, 0.2) is 36.7 Å². The van der Waals surface area contributed by atoms with Gasteiger partial charge in [0.05, 0.1) is 17.8 Å². The van der Waals surface area contributed by atoms with Crippen molar-refractivity contribution in [2.24, 2.45) is 0 Å². The van der Waals surface area contributed by atoms with Crippen LogP contribution in [0, 0.1) is 11.6 Å². The Kier molecular flexibility index (Phi) is 4.20. The zero-order valence-electron chi connectivity index (χ0n) is 12.0. The summed E-state index contributed by atoms with van der Waals surface area (Å²) in [7, 11) is 0. The Balaban J connectivity index is 1.76. The Labute approximate surface area is 130 Å². The molecular formula is C16H14F2N2O3. The highest BCUT2D eigenvalue weighted by Gasteiger charge is 2.31. The molecule has 120 valence electrons. The molecule has 3 rings (SSSR count). The number of carbonyl (C=O) groups is 1. The normalized spacial score (nSPS) is 20.4. The lowest BCUT2D eigenvalue weighted by molar-refractivity contribution is 0.0820. The summed E-state index contributed by atoms with van der Waals surface area (Å²) in [4.78, 5) is 15.9. The number of aromatic nitrogens is 1. The molecule has 1 fully saturated rings. The summed E-state index contributed by atoms with van der Waals surface area (Å²) < 4.78 is 32.0. The first-order chi connectivity index (χ1) is 11.0. The molecule has 5 nitrogen and oxygen atoms in total. The van der Waals surface area contributed by atoms with Crippen molar-refractivity contribution in [2.45, 2.75) is 18.6 Å². The first-order valence-corrected chi connectivity index (χ1v) is 7.06. The highest BCUT2D eigenvalue weighted by atomic mass is 19.2. The van der Waals surface area contributed by atoms with E-state index < -0.39 is 23.6 Å². The summed E-state index contributed by atoms with van der Waals surface area (Å²) in [6.45, 7) is 0.396. The van der Waals surface area contributed by atoms with E-state index in [1.165, 1.54) is 24.5 Å². The lowest BCUT2D eigenvalue weighted by Gasteiger charge is -2.20. The van der Waals surface area contributed by atoms with E-state index in [0.717, 1.165) is 12.1 Å². The summed E-state index contributed by atoms with van der Waals surface area (Å²) in [5.41, 5.74) is 0.668. The van der Waals surface area contributed by atoms with Crippen LogP contribution in [-0.2, 0) is 4.74 Å². The second kappa shape index (κ2) is 6.29. The van der Waals surface area contributed by atoms with Gasteiger partial charge in [-0.25, -0.2) is 8.78 Å². The van der Waals surface area contributed by atoms with Gasteiger partial charge in [0.2, 0.25) is 0 Å². The van der Waals surface area contributed by atoms with E-state index >= 15 is 0 Å². The standard InChI is InChI=1S/C16H14F2N2O3/c17-12-2-1-9(6-13(12)18)15-14(3-4-23-15)20-16(22)10-5-11(21)8-19-7-10/h1-2,5-8,14-15,21H,3-4H2,(H,20,22)/t14-,15+/m0/s1. The van der Waals surface area contributed by atoms with E-state index in [9.17, 15) is 18.7 Å². The van der Waals surface area contributed by atoms with Crippen LogP contribution in [0.25, 0.3) is 0 Å². The molecule has 2 heterocycles. The number of halogens is 2. The number of nitrogens with one attached hydrogen (secondary N) is 1. The third-order valence-electron chi connectivity index (χ3n) is 3.67. The maximum absolute atomic E-state index is 13.4. The maximum Gasteiger partial charge on any atom is 0.253 e. The molecule has 1 aliphatic heterocycles. The summed E-state index contributed by atoms with van der Waals surface area (Å²) >= 11 is 0. The maximum atomic E-state index is 13.4. The van der Waals surface area contributed by atoms with E-state index in [1.54, 1.807) is 0 Å². The molecule has 1 aromatic carbocycles. The van der Waals surface area contributed by atoms with Crippen molar-refractivity contribution >= 4 is 5.91 Å². The monoisotopic (exact) mass is 320 g/mol. The largest absolute Gasteiger partial charge is 0.506 e. The van der Waals surface area contributed by atoms with Crippen molar-refractivity contribution in [2.75, 3.05) is 6.61 Å². The molecule has 2 N–H and O–H groups in total. The third-order valence-corrected chi connectivity index (χ3v) is 3.67. The summed E-state index contributed by atoms with van der Waals surface area (Å²) in [5.74, 6) is -2.42. The lowest BCUT2D eigenvalue weighted by Crippen LogP contribution is -2.36. The fraction of sp³-hybridized carbons (Fsp3) is 0.250. The Bertz CT molecular complexity index is 739. The summed E-state index contributed by atoms with van der Waals surface area (Å²) in [6, 6.07) is 4.45. The predicted molar refractivity (Wildman–Crippen MR) is 76.8 cm³/mol. The molecule has 0 radical (unpaired) electrons. The predicted octanol–water partition coefficient (Wildman–Crippen LogP) is 2.33. The molecule has 0 spiro atoms. The second-order valence-corrected chi connectivity index (χ2v) is 5.27. The molecule has 0 unspecified atom stereocenters. The van der Waals surface area contributed by atoms with E-state index in [0.29, 0.717) is 18.6 Å². The number of pyridine rings is 1. The van der Waals surface area contributed by atoms with E-state index in [-0.39, 0.29) is 17.4 Å². The fourth-order valence-corrected chi connectivity index (χ4v) is 2.56. The van der Waals surface area contributed by atoms with Crippen LogP contribution in [0.5, 0.6) is 5.75 Å². The number of benzene rings is 1. The van der Waals surface area contributed by atoms with Gasteiger partial charge in [-0.05, 0) is 30.2 Å². The van der Waals surface area contributed by atoms with Crippen LogP contribution in [0.2, 0.25) is 0 Å². The van der Waals surface area contributed by atoms with Crippen LogP contribution in [0.1, 0.15) is 28.4 Å². The zero-order valence-corrected chi connectivity index (χ0v) is 12.0. The van der Waals surface area contributed by atoms with Gasteiger partial charge < -0.3 is 15.2 Å². The molecule has 1 aliphatic rings. The average molecular weight is 320 g/mol. The van der Waals surface area contributed by atoms with E-state index in [4.69, 9.17) is 4.74 Å². The fourth-order valence-electron chi connectivity index (χ4n) is 2.56. The smallest absolute Gasteiger partial charge is 0.253 e. The van der Waals surface area contributed by atoms with Gasteiger partial charge in [-0.1, -0.05) is 6.07 Å². The lowest BCUT2D eigenvalue weighted by atomic mass is 10.0. The highest BCUT2D eigenvalue weighted by molar-refractivity contribution is 5.94. The summed E-state index contributed by atoms with van der Waals surface area (Å²) in [6.07, 6.45) is 2.54. The molecule has 0 bridgehead atoms. The number of carbonyl (C=O) groups excluding carboxylic acids is 1. The Morgan fingerprint density at radius 2 is 2.09 bits per heavy atom. The number of rotatable bonds is 3. The topological polar surface area (TPSA) is 71.5 Å². The Hall–Kier alpha value is -2.54. The number of ether oxygens (including phenoxy) is 1. The highest BCUT2D eigenvalue weighted by Crippen LogP contribution is 2.30. The molecule has 1 saturated heterocycles. The quantitative estimate of drug-likeness (QED) is 0.910. The number of aromatic hydroxyl groups is 1. The number of hydrogen-bond donors (Lipinski definition) is 2. The van der Waals surface area contributed by atoms with Crippen LogP contribution < -0.4 is 5.32 Å². The minimum atomic E-state index is -0.958. The molecule has 0 aliphatic carbocycles. The number of hydrogen-bond acceptors (Lipinski definition) is 4. The van der Waals surface area contributed by atoms with Gasteiger partial charge in [0, 0.05) is 12.8 Å². The van der Waals surface area contributed by atoms with Gasteiger partial charge >= 0.3 is 0 Å². The molecule has 2 atom stereocenters. The SMILES string of the molecule is O=C(N[C@H]1CCO[C@@H]1c1ccc(F)c(F)c1)c1cncc(O)c1. The second-order valence-electron chi connectivity index (χ2n) is 5.27. The first kappa shape index (κ1) is 15.4. The molecular weight excluding hydrogens is 306 g/mol. The molecule has 1 amide bonds. The van der Waals surface area contributed by atoms with Crippen LogP contribution in [0.4, 0.5) is 8.78 Å². The minimum Gasteiger partial charge on any atom is -0.506 e. The van der Waals surface area contributed by atoms with Gasteiger partial charge in [-0.15, -0.1) is 0 Å². The molecule has 2 aromatic rings. The molecule has 1 aromatic heterocycles. The average Bonchev–Trinajstić information content (AvgIpc) is 2.98. The van der Waals surface area contributed by atoms with Crippen LogP contribution in [-0.4, -0.2) is 28.6 Å². The van der Waals surface area contributed by atoms with Crippen molar-refractivity contribution in [3.8, 4) is 5.75 Å². The van der Waals surface area contributed by atoms with Gasteiger partial charge in [-0.2, -0.15) is 0 Å². The van der Waals surface area contributed by atoms with Crippen molar-refractivity contribution in [3.63, 3.8) is 0 Å². The van der Waals surface area contributed by atoms with E-state index in [2.05, 4.69) is 10.3 Å². The minimum absolute atomic E-state index is 0.113. The molecule has 0 saturated carbocycles. The van der Waals surface area contributed by atoms with Gasteiger partial charge in [0.1, 0.15) is 11.9 Å². The third kappa shape index (κ3) is 3.29. The van der Waals surface area contributed by atoms with Crippen molar-refractivity contribution in [1.29, 1.82) is 0 Å². The number of nitrogens with zero attached hydrogens (tertiary/aromatic N) is 1. The van der Waals surface area contributed by atoms with Crippen molar-refractivity contribution in [3.05, 3.63) is 59.4 Å². The van der Waals surface area contributed by atoms with Crippen LogP contribution >= 0.6 is 0 Å². The molecule has 7 heteroatoms. The molecule has 23 heavy (non-hydrogen) atoms. The zero-order chi connectivity index (χ0) is 16.4. The number of amides is 1. The van der Waals surface area contributed by atoms with Gasteiger partial charge in [-0.3, -0.25) is 9.78 Å².